The lowest BCUT2D eigenvalue weighted by Gasteiger charge is -2.23. The molecule has 2 bridgehead atoms. The smallest absolute Gasteiger partial charge is 0.302 e. The highest BCUT2D eigenvalue weighted by Crippen LogP contribution is 2.27. The van der Waals surface area contributed by atoms with Gasteiger partial charge in [-0.1, -0.05) is 36.4 Å². The second-order valence-corrected chi connectivity index (χ2v) is 7.40. The van der Waals surface area contributed by atoms with Crippen molar-refractivity contribution >= 4 is 29.2 Å². The molecule has 0 aromatic heterocycles. The highest BCUT2D eigenvalue weighted by Gasteiger charge is 2.29. The largest absolute Gasteiger partial charge is 0.463 e. The average molecular weight is 440 g/mol. The number of nitrogens with one attached hydrogen (secondary N) is 3. The summed E-state index contributed by atoms with van der Waals surface area (Å²) in [5.74, 6) is -1.61. The minimum absolute atomic E-state index is 0.115. The molecule has 2 amide bonds. The number of fused-ring (bicyclic) bond motifs is 10. The first kappa shape index (κ1) is 22.7. The number of rotatable bonds is 5. The molecule has 2 aromatic rings. The van der Waals surface area contributed by atoms with Gasteiger partial charge < -0.3 is 20.7 Å². The van der Waals surface area contributed by atoms with E-state index in [9.17, 15) is 24.5 Å². The van der Waals surface area contributed by atoms with Gasteiger partial charge in [0, 0.05) is 26.0 Å². The van der Waals surface area contributed by atoms with E-state index in [1.807, 2.05) is 30.3 Å². The fraction of sp³-hybridized carbons (Fsp3) is 0.318. The van der Waals surface area contributed by atoms with Crippen LogP contribution in [-0.4, -0.2) is 47.9 Å². The summed E-state index contributed by atoms with van der Waals surface area (Å²) in [6.07, 6.45) is 0.637. The zero-order chi connectivity index (χ0) is 23.1. The first-order chi connectivity index (χ1) is 15.3. The summed E-state index contributed by atoms with van der Waals surface area (Å²) >= 11 is 0. The lowest BCUT2D eigenvalue weighted by atomic mass is 10.0. The molecule has 2 atom stereocenters. The van der Waals surface area contributed by atoms with Crippen LogP contribution in [0, 0.1) is 10.1 Å². The summed E-state index contributed by atoms with van der Waals surface area (Å²) in [7, 11) is 0. The molecule has 10 heteroatoms. The maximum absolute atomic E-state index is 13.0. The molecule has 32 heavy (non-hydrogen) atoms. The fourth-order valence-corrected chi connectivity index (χ4v) is 3.36. The number of benzene rings is 2. The van der Waals surface area contributed by atoms with Gasteiger partial charge >= 0.3 is 5.97 Å². The number of hydrogen-bond acceptors (Lipinski definition) is 7. The molecular formula is C22H24N4O6. The van der Waals surface area contributed by atoms with Gasteiger partial charge in [-0.2, -0.15) is 0 Å². The van der Waals surface area contributed by atoms with Crippen molar-refractivity contribution in [1.29, 1.82) is 0 Å². The van der Waals surface area contributed by atoms with Gasteiger partial charge in [0.15, 0.2) is 0 Å². The lowest BCUT2D eigenvalue weighted by Crippen LogP contribution is -2.53. The van der Waals surface area contributed by atoms with E-state index < -0.39 is 28.9 Å². The van der Waals surface area contributed by atoms with Gasteiger partial charge in [-0.15, -0.1) is 0 Å². The van der Waals surface area contributed by atoms with Crippen LogP contribution < -0.4 is 16.0 Å². The SMILES string of the molecule is CC(=O)OC[C@H]1Nc2ccc(cc2[N+](=O)[O-])CCNC(=O)[C@H](Cc2ccccc2)NC1=O. The Morgan fingerprint density at radius 2 is 1.84 bits per heavy atom. The zero-order valence-electron chi connectivity index (χ0n) is 17.5. The molecule has 0 unspecified atom stereocenters. The predicted molar refractivity (Wildman–Crippen MR) is 116 cm³/mol. The van der Waals surface area contributed by atoms with Crippen molar-refractivity contribution in [3.63, 3.8) is 0 Å². The van der Waals surface area contributed by atoms with E-state index in [1.54, 1.807) is 6.07 Å². The summed E-state index contributed by atoms with van der Waals surface area (Å²) in [6, 6.07) is 11.8. The number of nitro groups is 1. The molecule has 0 saturated carbocycles. The number of nitro benzene ring substituents is 1. The van der Waals surface area contributed by atoms with Crippen LogP contribution in [-0.2, 0) is 32.0 Å². The van der Waals surface area contributed by atoms with E-state index in [0.717, 1.165) is 5.56 Å². The Kier molecular flexibility index (Phi) is 7.37. The predicted octanol–water partition coefficient (Wildman–Crippen LogP) is 1.34. The molecule has 2 heterocycles. The molecule has 10 nitrogen and oxygen atoms in total. The van der Waals surface area contributed by atoms with Crippen molar-refractivity contribution in [2.45, 2.75) is 31.8 Å². The number of anilines is 1. The minimum Gasteiger partial charge on any atom is -0.463 e. The number of carbonyl (C=O) groups excluding carboxylic acids is 3. The van der Waals surface area contributed by atoms with Crippen molar-refractivity contribution in [2.24, 2.45) is 0 Å². The Morgan fingerprint density at radius 3 is 2.53 bits per heavy atom. The first-order valence-corrected chi connectivity index (χ1v) is 10.1. The van der Waals surface area contributed by atoms with E-state index in [-0.39, 0.29) is 36.9 Å². The summed E-state index contributed by atoms with van der Waals surface area (Å²) in [6.45, 7) is 1.08. The van der Waals surface area contributed by atoms with Gasteiger partial charge in [0.05, 0.1) is 4.92 Å². The van der Waals surface area contributed by atoms with Crippen LogP contribution in [0.4, 0.5) is 11.4 Å². The fourth-order valence-electron chi connectivity index (χ4n) is 3.36. The number of carbonyl (C=O) groups is 3. The summed E-state index contributed by atoms with van der Waals surface area (Å²) in [5.41, 5.74) is 1.42. The summed E-state index contributed by atoms with van der Waals surface area (Å²) < 4.78 is 4.99. The molecule has 0 spiro atoms. The second-order valence-electron chi connectivity index (χ2n) is 7.40. The molecule has 2 aromatic carbocycles. The van der Waals surface area contributed by atoms with E-state index in [2.05, 4.69) is 16.0 Å². The van der Waals surface area contributed by atoms with E-state index in [4.69, 9.17) is 4.74 Å². The van der Waals surface area contributed by atoms with Gasteiger partial charge in [-0.05, 0) is 23.6 Å². The number of amides is 2. The van der Waals surface area contributed by atoms with E-state index in [1.165, 1.54) is 19.1 Å². The minimum atomic E-state index is -1.14. The molecule has 168 valence electrons. The second kappa shape index (κ2) is 10.4. The van der Waals surface area contributed by atoms with Crippen molar-refractivity contribution < 1.29 is 24.0 Å². The zero-order valence-corrected chi connectivity index (χ0v) is 17.5. The van der Waals surface area contributed by atoms with Crippen LogP contribution in [0.15, 0.2) is 48.5 Å². The molecule has 3 N–H and O–H groups in total. The van der Waals surface area contributed by atoms with Crippen molar-refractivity contribution in [1.82, 2.24) is 10.6 Å². The van der Waals surface area contributed by atoms with E-state index >= 15 is 0 Å². The Morgan fingerprint density at radius 1 is 1.09 bits per heavy atom. The van der Waals surface area contributed by atoms with Crippen LogP contribution in [0.1, 0.15) is 18.1 Å². The Labute approximate surface area is 184 Å². The third kappa shape index (κ3) is 6.03. The van der Waals surface area contributed by atoms with Crippen molar-refractivity contribution in [2.75, 3.05) is 18.5 Å². The summed E-state index contributed by atoms with van der Waals surface area (Å²) in [5, 5.41) is 19.8. The van der Waals surface area contributed by atoms with Crippen LogP contribution in [0.5, 0.6) is 0 Å². The maximum atomic E-state index is 13.0. The molecular weight excluding hydrogens is 416 g/mol. The third-order valence-corrected chi connectivity index (χ3v) is 4.99. The Hall–Kier alpha value is -3.95. The maximum Gasteiger partial charge on any atom is 0.302 e. The number of nitrogens with zero attached hydrogens (tertiary/aromatic N) is 1. The first-order valence-electron chi connectivity index (χ1n) is 10.1. The lowest BCUT2D eigenvalue weighted by molar-refractivity contribution is -0.384. The van der Waals surface area contributed by atoms with E-state index in [0.29, 0.717) is 12.0 Å². The number of hydrogen-bond donors (Lipinski definition) is 3. The van der Waals surface area contributed by atoms with Gasteiger partial charge in [-0.3, -0.25) is 24.5 Å². The highest BCUT2D eigenvalue weighted by atomic mass is 16.6. The number of ether oxygens (including phenoxy) is 1. The van der Waals surface area contributed by atoms with Crippen LogP contribution in [0.2, 0.25) is 0 Å². The Balaban J connectivity index is 1.93. The number of esters is 1. The Bertz CT molecular complexity index is 1010. The third-order valence-electron chi connectivity index (χ3n) is 4.99. The normalized spacial score (nSPS) is 18.8. The van der Waals surface area contributed by atoms with Gasteiger partial charge in [-0.25, -0.2) is 0 Å². The topological polar surface area (TPSA) is 140 Å². The summed E-state index contributed by atoms with van der Waals surface area (Å²) in [4.78, 5) is 48.2. The molecule has 4 rings (SSSR count). The highest BCUT2D eigenvalue weighted by molar-refractivity contribution is 5.92. The van der Waals surface area contributed by atoms with Gasteiger partial charge in [0.2, 0.25) is 11.8 Å². The molecule has 2 aliphatic heterocycles. The van der Waals surface area contributed by atoms with Gasteiger partial charge in [0.1, 0.15) is 24.4 Å². The van der Waals surface area contributed by atoms with Crippen LogP contribution in [0.3, 0.4) is 0 Å². The van der Waals surface area contributed by atoms with Crippen LogP contribution in [0.25, 0.3) is 0 Å². The van der Waals surface area contributed by atoms with Crippen molar-refractivity contribution in [3.05, 3.63) is 69.8 Å². The molecule has 0 saturated heterocycles. The monoisotopic (exact) mass is 440 g/mol. The van der Waals surface area contributed by atoms with Gasteiger partial charge in [0.25, 0.3) is 5.69 Å². The standard InChI is InChI=1S/C22H24N4O6/c1-14(27)32-13-19-22(29)25-18(11-15-5-3-2-4-6-15)21(28)23-10-9-16-7-8-17(24-19)20(12-16)26(30)31/h2-8,12,18-19,24H,9-11,13H2,1H3,(H,23,28)(H,25,29)/t18-,19+/m0/s1. The molecule has 2 aliphatic rings. The van der Waals surface area contributed by atoms with Crippen molar-refractivity contribution in [3.8, 4) is 0 Å². The quantitative estimate of drug-likeness (QED) is 0.276. The average Bonchev–Trinajstić information content (AvgIpc) is 2.77. The molecule has 0 radical (unpaired) electrons. The molecule has 0 aliphatic carbocycles. The van der Waals surface area contributed by atoms with Crippen LogP contribution >= 0.6 is 0 Å². The molecule has 0 fully saturated rings.